The molecule has 1 aromatic heterocycles. The lowest BCUT2D eigenvalue weighted by molar-refractivity contribution is 0.102. The number of amides is 1. The molecular weight excluding hydrogens is 392 g/mol. The van der Waals surface area contributed by atoms with Crippen molar-refractivity contribution < 1.29 is 14.3 Å². The zero-order valence-electron chi connectivity index (χ0n) is 17.3. The molecule has 0 aliphatic rings. The zero-order chi connectivity index (χ0) is 21.6. The van der Waals surface area contributed by atoms with Gasteiger partial charge in [0, 0.05) is 16.8 Å². The fourth-order valence-corrected chi connectivity index (χ4v) is 3.10. The first-order chi connectivity index (χ1) is 15.1. The van der Waals surface area contributed by atoms with Crippen molar-refractivity contribution >= 4 is 11.6 Å². The van der Waals surface area contributed by atoms with Crippen LogP contribution in [0.2, 0.25) is 0 Å². The van der Waals surface area contributed by atoms with Crippen LogP contribution in [-0.2, 0) is 6.54 Å². The van der Waals surface area contributed by atoms with Crippen LogP contribution in [0.1, 0.15) is 15.9 Å². The molecule has 0 unspecified atom stereocenters. The van der Waals surface area contributed by atoms with E-state index in [2.05, 4.69) is 15.6 Å². The Morgan fingerprint density at radius 3 is 2.10 bits per heavy atom. The summed E-state index contributed by atoms with van der Waals surface area (Å²) in [5.41, 5.74) is 4.06. The van der Waals surface area contributed by atoms with Crippen LogP contribution in [0.4, 0.5) is 5.69 Å². The van der Waals surface area contributed by atoms with Gasteiger partial charge in [-0.3, -0.25) is 4.79 Å². The van der Waals surface area contributed by atoms with Gasteiger partial charge in [0.1, 0.15) is 17.2 Å². The highest BCUT2D eigenvalue weighted by Gasteiger charge is 2.08. The third-order valence-corrected chi connectivity index (χ3v) is 4.83. The third kappa shape index (κ3) is 4.90. The fraction of sp³-hybridized carbons (Fsp3) is 0.125. The Labute approximate surface area is 180 Å². The monoisotopic (exact) mass is 414 g/mol. The molecule has 0 fully saturated rings. The van der Waals surface area contributed by atoms with Crippen molar-refractivity contribution in [3.63, 3.8) is 0 Å². The number of carbonyl (C=O) groups is 1. The van der Waals surface area contributed by atoms with Crippen molar-refractivity contribution in [3.05, 3.63) is 90.1 Å². The van der Waals surface area contributed by atoms with E-state index < -0.39 is 0 Å². The molecular formula is C24H22N4O3. The first-order valence-electron chi connectivity index (χ1n) is 9.73. The molecule has 4 aromatic rings. The molecule has 0 radical (unpaired) electrons. The maximum atomic E-state index is 12.4. The van der Waals surface area contributed by atoms with Crippen LogP contribution >= 0.6 is 0 Å². The first-order valence-corrected chi connectivity index (χ1v) is 9.73. The van der Waals surface area contributed by atoms with E-state index in [1.54, 1.807) is 43.2 Å². The van der Waals surface area contributed by atoms with E-state index in [0.717, 1.165) is 22.6 Å². The quantitative estimate of drug-likeness (QED) is 0.489. The van der Waals surface area contributed by atoms with E-state index in [1.165, 1.54) is 0 Å². The number of nitrogens with zero attached hydrogens (tertiary/aromatic N) is 3. The minimum atomic E-state index is -0.180. The van der Waals surface area contributed by atoms with Crippen molar-refractivity contribution in [2.24, 2.45) is 0 Å². The lowest BCUT2D eigenvalue weighted by Gasteiger charge is -2.07. The number of ether oxygens (including phenoxy) is 2. The number of benzene rings is 3. The van der Waals surface area contributed by atoms with E-state index in [1.807, 2.05) is 54.7 Å². The van der Waals surface area contributed by atoms with Crippen LogP contribution in [0.3, 0.4) is 0 Å². The van der Waals surface area contributed by atoms with Gasteiger partial charge in [0.05, 0.1) is 27.0 Å². The zero-order valence-corrected chi connectivity index (χ0v) is 17.3. The van der Waals surface area contributed by atoms with Gasteiger partial charge in [0.2, 0.25) is 0 Å². The Bertz CT molecular complexity index is 1150. The van der Waals surface area contributed by atoms with Crippen molar-refractivity contribution in [1.29, 1.82) is 0 Å². The number of aromatic nitrogens is 3. The molecule has 1 heterocycles. The Morgan fingerprint density at radius 2 is 1.48 bits per heavy atom. The molecule has 156 valence electrons. The van der Waals surface area contributed by atoms with Crippen LogP contribution in [0.5, 0.6) is 11.5 Å². The molecule has 1 amide bonds. The molecule has 0 saturated heterocycles. The Morgan fingerprint density at radius 1 is 0.871 bits per heavy atom. The molecule has 1 N–H and O–H groups in total. The topological polar surface area (TPSA) is 78.3 Å². The fourth-order valence-electron chi connectivity index (χ4n) is 3.10. The summed E-state index contributed by atoms with van der Waals surface area (Å²) >= 11 is 0. The molecule has 7 heteroatoms. The Hall–Kier alpha value is -4.13. The number of nitrogens with one attached hydrogen (secondary N) is 1. The molecule has 7 nitrogen and oxygen atoms in total. The van der Waals surface area contributed by atoms with Crippen LogP contribution in [0.15, 0.2) is 79.0 Å². The van der Waals surface area contributed by atoms with Crippen LogP contribution < -0.4 is 14.8 Å². The largest absolute Gasteiger partial charge is 0.497 e. The van der Waals surface area contributed by atoms with Gasteiger partial charge in [0.25, 0.3) is 5.91 Å². The summed E-state index contributed by atoms with van der Waals surface area (Å²) in [6.45, 7) is 0.618. The molecule has 31 heavy (non-hydrogen) atoms. The summed E-state index contributed by atoms with van der Waals surface area (Å²) in [6, 6.07) is 22.3. The summed E-state index contributed by atoms with van der Waals surface area (Å²) in [6.07, 6.45) is 1.90. The van der Waals surface area contributed by atoms with E-state index in [-0.39, 0.29) is 5.91 Å². The van der Waals surface area contributed by atoms with E-state index in [0.29, 0.717) is 23.5 Å². The minimum absolute atomic E-state index is 0.180. The van der Waals surface area contributed by atoms with E-state index >= 15 is 0 Å². The number of anilines is 1. The van der Waals surface area contributed by atoms with E-state index in [9.17, 15) is 4.79 Å². The second-order valence-electron chi connectivity index (χ2n) is 6.91. The predicted molar refractivity (Wildman–Crippen MR) is 119 cm³/mol. The number of rotatable bonds is 7. The average Bonchev–Trinajstić information content (AvgIpc) is 3.28. The van der Waals surface area contributed by atoms with Gasteiger partial charge in [-0.2, -0.15) is 0 Å². The highest BCUT2D eigenvalue weighted by Crippen LogP contribution is 2.20. The smallest absolute Gasteiger partial charge is 0.255 e. The maximum absolute atomic E-state index is 12.4. The van der Waals surface area contributed by atoms with Crippen LogP contribution in [-0.4, -0.2) is 35.1 Å². The first kappa shape index (κ1) is 20.2. The summed E-state index contributed by atoms with van der Waals surface area (Å²) in [5.74, 6) is 1.35. The van der Waals surface area contributed by atoms with Crippen molar-refractivity contribution in [2.45, 2.75) is 6.54 Å². The highest BCUT2D eigenvalue weighted by molar-refractivity contribution is 6.04. The predicted octanol–water partition coefficient (Wildman–Crippen LogP) is 4.26. The number of methoxy groups -OCH3 is 2. The molecule has 3 aromatic carbocycles. The molecule has 0 aliphatic heterocycles. The average molecular weight is 414 g/mol. The lowest BCUT2D eigenvalue weighted by atomic mass is 10.1. The minimum Gasteiger partial charge on any atom is -0.497 e. The van der Waals surface area contributed by atoms with Crippen molar-refractivity contribution in [2.75, 3.05) is 19.5 Å². The Balaban J connectivity index is 1.40. The number of carbonyl (C=O) groups excluding carboxylic acids is 1. The van der Waals surface area contributed by atoms with Gasteiger partial charge < -0.3 is 14.8 Å². The summed E-state index contributed by atoms with van der Waals surface area (Å²) in [5, 5.41) is 11.4. The second kappa shape index (κ2) is 9.13. The summed E-state index contributed by atoms with van der Waals surface area (Å²) in [7, 11) is 3.24. The second-order valence-corrected chi connectivity index (χ2v) is 6.91. The van der Waals surface area contributed by atoms with Crippen LogP contribution in [0.25, 0.3) is 11.3 Å². The molecule has 0 bridgehead atoms. The lowest BCUT2D eigenvalue weighted by Crippen LogP contribution is -2.11. The Kier molecular flexibility index (Phi) is 5.93. The highest BCUT2D eigenvalue weighted by atomic mass is 16.5. The van der Waals surface area contributed by atoms with Gasteiger partial charge >= 0.3 is 0 Å². The molecule has 0 spiro atoms. The van der Waals surface area contributed by atoms with Crippen molar-refractivity contribution in [1.82, 2.24) is 15.0 Å². The number of hydrogen-bond acceptors (Lipinski definition) is 5. The van der Waals surface area contributed by atoms with Gasteiger partial charge in [-0.1, -0.05) is 29.5 Å². The maximum Gasteiger partial charge on any atom is 0.255 e. The number of hydrogen-bond donors (Lipinski definition) is 1. The normalized spacial score (nSPS) is 10.5. The van der Waals surface area contributed by atoms with Gasteiger partial charge in [-0.25, -0.2) is 4.68 Å². The van der Waals surface area contributed by atoms with Gasteiger partial charge in [-0.15, -0.1) is 5.10 Å². The molecule has 4 rings (SSSR count). The van der Waals surface area contributed by atoms with E-state index in [4.69, 9.17) is 9.47 Å². The summed E-state index contributed by atoms with van der Waals surface area (Å²) < 4.78 is 12.1. The van der Waals surface area contributed by atoms with Gasteiger partial charge in [-0.05, 0) is 54.1 Å². The molecule has 0 aliphatic carbocycles. The van der Waals surface area contributed by atoms with Gasteiger partial charge in [0.15, 0.2) is 0 Å². The molecule has 0 atom stereocenters. The third-order valence-electron chi connectivity index (χ3n) is 4.83. The van der Waals surface area contributed by atoms with Crippen LogP contribution in [0, 0.1) is 0 Å². The standard InChI is InChI=1S/C24H22N4O3/c1-30-21-11-3-17(4-12-21)15-28-16-23(26-27-28)18-5-9-20(10-6-18)25-24(29)19-7-13-22(31-2)14-8-19/h3-14,16H,15H2,1-2H3,(H,25,29). The SMILES string of the molecule is COc1ccc(Cn2cc(-c3ccc(NC(=O)c4ccc(OC)cc4)cc3)nn2)cc1. The molecule has 0 saturated carbocycles. The van der Waals surface area contributed by atoms with Crippen molar-refractivity contribution in [3.8, 4) is 22.8 Å². The summed E-state index contributed by atoms with van der Waals surface area (Å²) in [4.78, 5) is 12.4.